The van der Waals surface area contributed by atoms with E-state index in [-0.39, 0.29) is 24.3 Å². The molecule has 1 amide bonds. The number of carbonyl (C=O) groups excluding carboxylic acids is 1. The summed E-state index contributed by atoms with van der Waals surface area (Å²) in [6, 6.07) is 13.3. The molecule has 1 N–H and O–H groups in total. The number of halogens is 3. The second kappa shape index (κ2) is 10.7. The number of rotatable bonds is 5. The quantitative estimate of drug-likeness (QED) is 0.588. The van der Waals surface area contributed by atoms with Crippen molar-refractivity contribution < 1.29 is 32.6 Å². The molecule has 0 aromatic heterocycles. The number of ether oxygens (including phenoxy) is 1. The van der Waals surface area contributed by atoms with Crippen molar-refractivity contribution in [2.24, 2.45) is 0 Å². The first-order valence-corrected chi connectivity index (χ1v) is 11.6. The molecule has 2 aliphatic rings. The third kappa shape index (κ3) is 5.96. The molecule has 1 spiro atoms. The van der Waals surface area contributed by atoms with Gasteiger partial charge >= 0.3 is 5.92 Å². The smallest absolute Gasteiger partial charge is 0.327 e. The number of carboxylic acid groups (broad SMARTS) is 1. The number of hydrogen-bond donors (Lipinski definition) is 1. The number of benzene rings is 2. The Kier molecular flexibility index (Phi) is 8.10. The molecule has 2 aliphatic heterocycles. The molecule has 0 radical (unpaired) electrons. The minimum Gasteiger partial charge on any atom is -0.491 e. The van der Waals surface area contributed by atoms with Crippen molar-refractivity contribution in [2.75, 3.05) is 11.4 Å². The van der Waals surface area contributed by atoms with E-state index in [0.717, 1.165) is 17.4 Å². The largest absolute Gasteiger partial charge is 0.491 e. The Morgan fingerprint density at radius 2 is 1.89 bits per heavy atom. The summed E-state index contributed by atoms with van der Waals surface area (Å²) >= 11 is 0. The summed E-state index contributed by atoms with van der Waals surface area (Å²) in [6.07, 6.45) is 0.338. The van der Waals surface area contributed by atoms with Gasteiger partial charge in [-0.3, -0.25) is 14.5 Å². The average molecular weight is 493 g/mol. The van der Waals surface area contributed by atoms with E-state index in [4.69, 9.17) is 14.6 Å². The number of likely N-dealkylation sites (tertiary alicyclic amines) is 1. The maximum atomic E-state index is 14.6. The summed E-state index contributed by atoms with van der Waals surface area (Å²) in [6.45, 7) is 6.92. The first-order valence-electron chi connectivity index (χ1n) is 11.6. The molecular formula is C26H31F3N2O4. The number of alkyl halides is 2. The van der Waals surface area contributed by atoms with Gasteiger partial charge in [-0.2, -0.15) is 8.78 Å². The highest BCUT2D eigenvalue weighted by Crippen LogP contribution is 2.49. The van der Waals surface area contributed by atoms with Gasteiger partial charge in [0, 0.05) is 31.2 Å². The second-order valence-electron chi connectivity index (χ2n) is 9.42. The minimum atomic E-state index is -3.45. The Morgan fingerprint density at radius 3 is 2.51 bits per heavy atom. The molecule has 9 heteroatoms. The summed E-state index contributed by atoms with van der Waals surface area (Å²) in [5.74, 6) is -4.43. The van der Waals surface area contributed by atoms with Crippen molar-refractivity contribution in [3.63, 3.8) is 0 Å². The molecule has 35 heavy (non-hydrogen) atoms. The molecule has 0 bridgehead atoms. The summed E-state index contributed by atoms with van der Waals surface area (Å²) in [4.78, 5) is 24.4. The fourth-order valence-electron chi connectivity index (χ4n) is 5.13. The van der Waals surface area contributed by atoms with Crippen LogP contribution >= 0.6 is 0 Å². The SMILES string of the molecule is CC(C)Oc1cccc(CN2CC[C@]3(C[C@H]2C)CC(F)(F)C(=O)N3c2cccc(F)c2)c1.O=CO. The van der Waals surface area contributed by atoms with Crippen molar-refractivity contribution in [2.45, 2.75) is 70.2 Å². The van der Waals surface area contributed by atoms with E-state index in [1.165, 1.54) is 23.1 Å². The topological polar surface area (TPSA) is 70.1 Å². The van der Waals surface area contributed by atoms with E-state index in [0.29, 0.717) is 25.9 Å². The van der Waals surface area contributed by atoms with Crippen LogP contribution in [0.25, 0.3) is 0 Å². The molecular weight excluding hydrogens is 461 g/mol. The van der Waals surface area contributed by atoms with Crippen LogP contribution in [0.3, 0.4) is 0 Å². The highest BCUT2D eigenvalue weighted by Gasteiger charge is 2.62. The van der Waals surface area contributed by atoms with Gasteiger partial charge in [-0.1, -0.05) is 18.2 Å². The van der Waals surface area contributed by atoms with Gasteiger partial charge in [0.05, 0.1) is 11.6 Å². The fourth-order valence-corrected chi connectivity index (χ4v) is 5.13. The molecule has 2 fully saturated rings. The van der Waals surface area contributed by atoms with Gasteiger partial charge in [-0.15, -0.1) is 0 Å². The molecule has 0 aliphatic carbocycles. The van der Waals surface area contributed by atoms with Crippen LogP contribution in [-0.2, 0) is 16.1 Å². The van der Waals surface area contributed by atoms with Crippen LogP contribution in [0, 0.1) is 5.82 Å². The van der Waals surface area contributed by atoms with E-state index in [2.05, 4.69) is 4.90 Å². The number of nitrogens with zero attached hydrogens (tertiary/aromatic N) is 2. The Labute approximate surface area is 203 Å². The van der Waals surface area contributed by atoms with Crippen molar-refractivity contribution in [3.8, 4) is 5.75 Å². The Balaban J connectivity index is 0.00000108. The maximum absolute atomic E-state index is 14.6. The lowest BCUT2D eigenvalue weighted by Gasteiger charge is -2.47. The number of amides is 1. The molecule has 2 atom stereocenters. The standard InChI is InChI=1S/C25H29F3N2O2.CH2O2/c1-17(2)32-22-9-4-6-19(12-22)15-29-11-10-24(14-18(29)3)16-25(27,28)23(31)30(24)21-8-5-7-20(26)13-21;2-1-3/h4-9,12-13,17-18H,10-11,14-16H2,1-3H3;1H,(H,2,3)/t18-,24+;/m1./s1. The van der Waals surface area contributed by atoms with Crippen LogP contribution in [0.1, 0.15) is 45.6 Å². The summed E-state index contributed by atoms with van der Waals surface area (Å²) in [7, 11) is 0. The van der Waals surface area contributed by atoms with Crippen molar-refractivity contribution in [1.29, 1.82) is 0 Å². The van der Waals surface area contributed by atoms with Gasteiger partial charge in [0.25, 0.3) is 12.4 Å². The molecule has 2 aromatic carbocycles. The third-order valence-electron chi connectivity index (χ3n) is 6.43. The molecule has 0 saturated carbocycles. The van der Waals surface area contributed by atoms with Gasteiger partial charge in [-0.05, 0) is 69.5 Å². The third-order valence-corrected chi connectivity index (χ3v) is 6.43. The summed E-state index contributed by atoms with van der Waals surface area (Å²) < 4.78 is 48.8. The van der Waals surface area contributed by atoms with E-state index in [1.54, 1.807) is 0 Å². The van der Waals surface area contributed by atoms with Crippen LogP contribution in [0.2, 0.25) is 0 Å². The zero-order chi connectivity index (χ0) is 25.8. The lowest BCUT2D eigenvalue weighted by molar-refractivity contribution is -0.138. The van der Waals surface area contributed by atoms with E-state index in [9.17, 15) is 18.0 Å². The molecule has 4 rings (SSSR count). The summed E-state index contributed by atoms with van der Waals surface area (Å²) in [5.41, 5.74) is 0.263. The maximum Gasteiger partial charge on any atom is 0.327 e. The van der Waals surface area contributed by atoms with Gasteiger partial charge in [-0.25, -0.2) is 4.39 Å². The number of carbonyl (C=O) groups is 2. The van der Waals surface area contributed by atoms with Crippen molar-refractivity contribution >= 4 is 18.1 Å². The van der Waals surface area contributed by atoms with Gasteiger partial charge < -0.3 is 14.7 Å². The highest BCUT2D eigenvalue weighted by molar-refractivity contribution is 6.02. The van der Waals surface area contributed by atoms with Crippen LogP contribution < -0.4 is 9.64 Å². The Bertz CT molecular complexity index is 1050. The van der Waals surface area contributed by atoms with E-state index in [1.807, 2.05) is 45.0 Å². The fraction of sp³-hybridized carbons (Fsp3) is 0.462. The number of hydrogen-bond acceptors (Lipinski definition) is 4. The molecule has 2 saturated heterocycles. The van der Waals surface area contributed by atoms with Gasteiger partial charge in [0.15, 0.2) is 0 Å². The molecule has 190 valence electrons. The van der Waals surface area contributed by atoms with Gasteiger partial charge in [0.2, 0.25) is 0 Å². The molecule has 0 unspecified atom stereocenters. The first kappa shape index (κ1) is 26.5. The van der Waals surface area contributed by atoms with Crippen LogP contribution in [0.5, 0.6) is 5.75 Å². The van der Waals surface area contributed by atoms with Crippen LogP contribution in [0.15, 0.2) is 48.5 Å². The van der Waals surface area contributed by atoms with Crippen LogP contribution in [0.4, 0.5) is 18.9 Å². The lowest BCUT2D eigenvalue weighted by Crippen LogP contribution is -2.56. The monoisotopic (exact) mass is 492 g/mol. The molecule has 6 nitrogen and oxygen atoms in total. The van der Waals surface area contributed by atoms with Crippen LogP contribution in [-0.4, -0.2) is 52.5 Å². The second-order valence-corrected chi connectivity index (χ2v) is 9.42. The van der Waals surface area contributed by atoms with E-state index < -0.39 is 29.6 Å². The van der Waals surface area contributed by atoms with Gasteiger partial charge in [0.1, 0.15) is 11.6 Å². The number of anilines is 1. The molecule has 2 heterocycles. The predicted octanol–water partition coefficient (Wildman–Crippen LogP) is 5.11. The van der Waals surface area contributed by atoms with Crippen molar-refractivity contribution in [3.05, 3.63) is 59.9 Å². The average Bonchev–Trinajstić information content (AvgIpc) is 2.95. The normalized spacial score (nSPS) is 23.8. The lowest BCUT2D eigenvalue weighted by atomic mass is 9.80. The Hall–Kier alpha value is -3.07. The zero-order valence-corrected chi connectivity index (χ0v) is 20.1. The molecule has 2 aromatic rings. The predicted molar refractivity (Wildman–Crippen MR) is 126 cm³/mol. The summed E-state index contributed by atoms with van der Waals surface area (Å²) in [5, 5.41) is 6.89. The Morgan fingerprint density at radius 1 is 1.20 bits per heavy atom. The first-order chi connectivity index (χ1) is 16.5. The zero-order valence-electron chi connectivity index (χ0n) is 20.1. The van der Waals surface area contributed by atoms with E-state index >= 15 is 0 Å². The number of piperidine rings is 1. The highest BCUT2D eigenvalue weighted by atomic mass is 19.3. The minimum absolute atomic E-state index is 0.0313. The van der Waals surface area contributed by atoms with Crippen molar-refractivity contribution in [1.82, 2.24) is 4.90 Å².